The third-order valence-electron chi connectivity index (χ3n) is 17.6. The van der Waals surface area contributed by atoms with Crippen molar-refractivity contribution in [2.24, 2.45) is 4.99 Å². The van der Waals surface area contributed by atoms with Crippen LogP contribution in [0.2, 0.25) is 0 Å². The Kier molecular flexibility index (Phi) is 31.6. The molecule has 13 N–H and O–H groups in total. The Morgan fingerprint density at radius 2 is 0.870 bits per heavy atom. The normalized spacial score (nSPS) is 15.2. The maximum absolute atomic E-state index is 10.8. The number of aliphatic hydroxyl groups is 3. The van der Waals surface area contributed by atoms with Gasteiger partial charge in [0.2, 0.25) is 5.44 Å². The standard InChI is InChI=1S/C37H37N5.C12H14N4.C12H17NO4S.C12H15NO.C2H6O.CH4O.Na.O3S.H/c1-2-18-41(17-1)24-26-5-9-28(10-6-26)34-23-32-14-13-30(21-35(32)38-34)31-15-16-33-36(22-31)40-37(39-33)29-11-7-27(8-12-29)25-42-19-3-4-20-42;13-9-3-1-7(5-11(9)15)8-2-4-10(14)12(16)6-8;14-12(18(15,16)17)11-5-3-10(4-6-11)9-13-7-1-2-8-13;14-10-12-5-3-11(4-6-12)9-13-7-1-2-8-13;1-2-3;1-2;;1-4(2)3;/h5-16,21-22H,1-4,17-20,23-25H2,(H,39,40);1-6H,13-16H2;3-6,12,14H,1-2,7-9H2,(H,15,16,17);3-6,10H,1-2,7-9H2;3H,2H2,1H3;2H,1H3;;;/q;;;;;;+1;;-1. The van der Waals surface area contributed by atoms with E-state index in [4.69, 9.17) is 60.3 Å². The number of aldehydes is 1. The number of rotatable bonds is 15. The summed E-state index contributed by atoms with van der Waals surface area (Å²) in [6.45, 7) is 15.4. The molecule has 6 heterocycles. The van der Waals surface area contributed by atoms with Crippen LogP contribution in [0.5, 0.6) is 0 Å². The van der Waals surface area contributed by atoms with E-state index in [-0.39, 0.29) is 43.2 Å². The SMILES string of the molecule is CCO.CO.Nc1ccc(-c2ccc(N)c(N)c2)cc1N.O=Cc1ccc(CN2CCCC2)cc1.O=S(=O)(O)C(O)c1ccc(CN2CCCC2)cc1.O=S(=O)=O.[H-].[Na+].c1cc(C2=Nc3cc(-c4ccc5nc(-c6ccc(CN7CCCC7)cc6)[nH]c5c4)ccc3C2)ccc1CN1CCCC1. The number of hydrogen-bond acceptors (Lipinski definition) is 19. The Hall–Kier alpha value is -7.98. The minimum atomic E-state index is -4.45. The van der Waals surface area contributed by atoms with Crippen molar-refractivity contribution in [1.29, 1.82) is 0 Å². The summed E-state index contributed by atoms with van der Waals surface area (Å²) < 4.78 is 55.7. The number of benzene rings is 8. The number of aliphatic hydroxyl groups excluding tert-OH is 3. The number of nitrogen functional groups attached to an aromatic ring is 4. The summed E-state index contributed by atoms with van der Waals surface area (Å²) in [6, 6.07) is 56.6. The van der Waals surface area contributed by atoms with Crippen molar-refractivity contribution in [2.45, 2.75) is 96.3 Å². The first kappa shape index (κ1) is 79.3. The summed E-state index contributed by atoms with van der Waals surface area (Å²) in [7, 11) is -6.56. The van der Waals surface area contributed by atoms with Crippen molar-refractivity contribution in [3.63, 3.8) is 0 Å². The molecule has 100 heavy (non-hydrogen) atoms. The molecule has 4 saturated heterocycles. The van der Waals surface area contributed by atoms with E-state index in [1.54, 1.807) is 31.2 Å². The number of nitrogens with one attached hydrogen (secondary N) is 1. The quantitative estimate of drug-likeness (QED) is 0.0201. The van der Waals surface area contributed by atoms with Gasteiger partial charge in [-0.15, -0.1) is 12.6 Å². The van der Waals surface area contributed by atoms with Crippen LogP contribution in [0.15, 0.2) is 175 Å². The molecule has 14 rings (SSSR count). The van der Waals surface area contributed by atoms with Crippen LogP contribution in [0, 0.1) is 0 Å². The first-order valence-corrected chi connectivity index (χ1v) is 36.0. The van der Waals surface area contributed by atoms with Gasteiger partial charge in [-0.05, 0) is 214 Å². The molecule has 5 aliphatic rings. The predicted octanol–water partition coefficient (Wildman–Crippen LogP) is 8.42. The van der Waals surface area contributed by atoms with E-state index in [0.717, 1.165) is 115 Å². The minimum absolute atomic E-state index is 0. The van der Waals surface area contributed by atoms with Crippen LogP contribution in [0.3, 0.4) is 0 Å². The van der Waals surface area contributed by atoms with Crippen molar-refractivity contribution < 1.29 is 76.7 Å². The van der Waals surface area contributed by atoms with Gasteiger partial charge in [-0.2, -0.15) is 8.42 Å². The maximum atomic E-state index is 10.8. The zero-order chi connectivity index (χ0) is 70.8. The topological polar surface area (TPSA) is 341 Å². The number of fused-ring (bicyclic) bond motifs is 2. The summed E-state index contributed by atoms with van der Waals surface area (Å²) in [5, 5.41) is 24.0. The Labute approximate surface area is 612 Å². The molecule has 24 heteroatoms. The Bertz CT molecular complexity index is 4270. The number of hydrogen-bond donors (Lipinski definition) is 9. The molecular formula is C76H94N11NaO10S2. The molecule has 0 spiro atoms. The summed E-state index contributed by atoms with van der Waals surface area (Å²) in [4.78, 5) is 33.9. The molecule has 1 atom stereocenters. The van der Waals surface area contributed by atoms with Gasteiger partial charge in [0.15, 0.2) is 0 Å². The molecule has 8 aromatic carbocycles. The van der Waals surface area contributed by atoms with Gasteiger partial charge in [-0.3, -0.25) is 33.9 Å². The van der Waals surface area contributed by atoms with Crippen molar-refractivity contribution in [2.75, 3.05) is 89.0 Å². The van der Waals surface area contributed by atoms with E-state index in [9.17, 15) is 18.3 Å². The van der Waals surface area contributed by atoms with Gasteiger partial charge < -0.3 is 44.7 Å². The van der Waals surface area contributed by atoms with Gasteiger partial charge in [0.25, 0.3) is 10.1 Å². The number of carbonyl (C=O) groups is 1. The molecule has 1 aromatic heterocycles. The fourth-order valence-electron chi connectivity index (χ4n) is 12.4. The molecule has 21 nitrogen and oxygen atoms in total. The molecule has 526 valence electrons. The average molecular weight is 1410 g/mol. The average Bonchev–Trinajstić information content (AvgIpc) is 1.67. The largest absolute Gasteiger partial charge is 1.00 e. The first-order valence-electron chi connectivity index (χ1n) is 33.5. The molecule has 0 saturated carbocycles. The molecule has 0 bridgehead atoms. The molecule has 0 aliphatic carbocycles. The minimum Gasteiger partial charge on any atom is -1.00 e. The second kappa shape index (κ2) is 39.9. The van der Waals surface area contributed by atoms with E-state index in [0.29, 0.717) is 22.7 Å². The summed E-state index contributed by atoms with van der Waals surface area (Å²) >= 11 is 0. The van der Waals surface area contributed by atoms with E-state index < -0.39 is 26.2 Å². The van der Waals surface area contributed by atoms with Crippen LogP contribution in [-0.4, -0.2) is 149 Å². The van der Waals surface area contributed by atoms with E-state index in [1.165, 1.54) is 142 Å². The van der Waals surface area contributed by atoms with Gasteiger partial charge in [-0.1, -0.05) is 127 Å². The number of aliphatic imine (C=N–C) groups is 1. The van der Waals surface area contributed by atoms with E-state index in [2.05, 4.69) is 110 Å². The number of anilines is 4. The summed E-state index contributed by atoms with van der Waals surface area (Å²) in [5.74, 6) is 0.921. The third kappa shape index (κ3) is 24.1. The van der Waals surface area contributed by atoms with Crippen molar-refractivity contribution >= 4 is 72.2 Å². The van der Waals surface area contributed by atoms with E-state index >= 15 is 0 Å². The molecule has 0 amide bonds. The van der Waals surface area contributed by atoms with E-state index in [1.807, 2.05) is 48.5 Å². The van der Waals surface area contributed by atoms with Gasteiger partial charge in [0.1, 0.15) is 12.1 Å². The smallest absolute Gasteiger partial charge is 1.00 e. The summed E-state index contributed by atoms with van der Waals surface area (Å²) in [5.41, 5.74) is 41.5. The number of H-pyrrole nitrogens is 1. The summed E-state index contributed by atoms with van der Waals surface area (Å²) in [6.07, 6.45) is 12.2. The number of aromatic nitrogens is 2. The number of nitrogens with two attached hydrogens (primary N) is 4. The molecule has 1 unspecified atom stereocenters. The molecule has 0 radical (unpaired) electrons. The maximum Gasteiger partial charge on any atom is 1.00 e. The van der Waals surface area contributed by atoms with Gasteiger partial charge in [0.05, 0.1) is 45.2 Å². The second-order valence-electron chi connectivity index (χ2n) is 24.9. The number of nitrogens with zero attached hydrogens (tertiary/aromatic N) is 6. The zero-order valence-electron chi connectivity index (χ0n) is 58.4. The molecule has 9 aromatic rings. The van der Waals surface area contributed by atoms with Crippen LogP contribution in [0.4, 0.5) is 28.4 Å². The van der Waals surface area contributed by atoms with Gasteiger partial charge >= 0.3 is 40.2 Å². The second-order valence-corrected chi connectivity index (χ2v) is 26.8. The van der Waals surface area contributed by atoms with Crippen LogP contribution in [0.25, 0.3) is 44.7 Å². The molecular weight excluding hydrogens is 1310 g/mol. The Morgan fingerprint density at radius 3 is 1.27 bits per heavy atom. The fourth-order valence-corrected chi connectivity index (χ4v) is 12.9. The zero-order valence-corrected chi connectivity index (χ0v) is 61.1. The van der Waals surface area contributed by atoms with Gasteiger partial charge in [-0.25, -0.2) is 4.98 Å². The van der Waals surface area contributed by atoms with Crippen molar-refractivity contribution in [3.05, 3.63) is 214 Å². The van der Waals surface area contributed by atoms with Crippen LogP contribution >= 0.6 is 0 Å². The van der Waals surface area contributed by atoms with Crippen molar-refractivity contribution in [1.82, 2.24) is 29.6 Å². The number of likely N-dealkylation sites (tertiary alicyclic amines) is 4. The fraction of sp³-hybridized carbons (Fsp3) is 0.329. The molecule has 5 aliphatic heterocycles. The van der Waals surface area contributed by atoms with Crippen LogP contribution in [-0.2, 0) is 53.3 Å². The third-order valence-corrected chi connectivity index (χ3v) is 18.5. The first-order chi connectivity index (χ1) is 47.8. The Morgan fingerprint density at radius 1 is 0.520 bits per heavy atom. The monoisotopic (exact) mass is 1410 g/mol. The van der Waals surface area contributed by atoms with Gasteiger partial charge in [0, 0.05) is 57.4 Å². The van der Waals surface area contributed by atoms with Crippen molar-refractivity contribution in [3.8, 4) is 33.6 Å². The molecule has 4 fully saturated rings. The van der Waals surface area contributed by atoms with Crippen LogP contribution < -0.4 is 52.5 Å². The number of imidazole rings is 1. The Balaban J connectivity index is 0.000000226. The number of carbonyl (C=O) groups excluding carboxylic acids is 1. The predicted molar refractivity (Wildman–Crippen MR) is 397 cm³/mol. The number of aromatic amines is 1. The van der Waals surface area contributed by atoms with Crippen LogP contribution in [0.1, 0.15) is 114 Å².